The van der Waals surface area contributed by atoms with E-state index in [1.165, 1.54) is 19.3 Å². The summed E-state index contributed by atoms with van der Waals surface area (Å²) in [6.45, 7) is 4.10. The Morgan fingerprint density at radius 1 is 1.03 bits per heavy atom. The predicted molar refractivity (Wildman–Crippen MR) is 116 cm³/mol. The molecule has 0 aliphatic carbocycles. The molecule has 0 saturated carbocycles. The highest BCUT2D eigenvalue weighted by atomic mass is 16.5. The van der Waals surface area contributed by atoms with Crippen molar-refractivity contribution in [1.82, 2.24) is 19.8 Å². The van der Waals surface area contributed by atoms with E-state index < -0.39 is 0 Å². The molecule has 1 aromatic carbocycles. The predicted octanol–water partition coefficient (Wildman–Crippen LogP) is 2.86. The van der Waals surface area contributed by atoms with Gasteiger partial charge in [-0.25, -0.2) is 4.79 Å². The van der Waals surface area contributed by atoms with E-state index in [4.69, 9.17) is 9.84 Å². The Hall–Kier alpha value is -3.49. The first-order valence-electron chi connectivity index (χ1n) is 10.7. The number of anilines is 2. The Kier molecular flexibility index (Phi) is 6.40. The normalized spacial score (nSPS) is 13.9. The molecule has 3 heterocycles. The zero-order valence-electron chi connectivity index (χ0n) is 17.6. The molecule has 9 heteroatoms. The van der Waals surface area contributed by atoms with E-state index in [2.05, 4.69) is 20.4 Å². The summed E-state index contributed by atoms with van der Waals surface area (Å²) in [7, 11) is 0. The Morgan fingerprint density at radius 2 is 1.81 bits per heavy atom. The van der Waals surface area contributed by atoms with Crippen LogP contribution in [0.4, 0.5) is 11.5 Å². The van der Waals surface area contributed by atoms with E-state index in [9.17, 15) is 9.59 Å². The SMILES string of the molecule is CCOC(=O)c1ccc(NC(=O)CCc2nnc3ccc(N4CCCCC4)nn23)cc1. The minimum Gasteiger partial charge on any atom is -0.462 e. The number of carbonyl (C=O) groups excluding carboxylic acids is 2. The summed E-state index contributed by atoms with van der Waals surface area (Å²) in [6.07, 6.45) is 4.28. The van der Waals surface area contributed by atoms with E-state index in [-0.39, 0.29) is 18.3 Å². The Morgan fingerprint density at radius 3 is 2.55 bits per heavy atom. The van der Waals surface area contributed by atoms with Crippen LogP contribution in [0.5, 0.6) is 0 Å². The van der Waals surface area contributed by atoms with Gasteiger partial charge in [-0.05, 0) is 62.6 Å². The van der Waals surface area contributed by atoms with Crippen LogP contribution in [0.2, 0.25) is 0 Å². The van der Waals surface area contributed by atoms with Crippen molar-refractivity contribution in [2.45, 2.75) is 39.0 Å². The number of nitrogens with one attached hydrogen (secondary N) is 1. The van der Waals surface area contributed by atoms with Crippen LogP contribution in [0.1, 0.15) is 48.8 Å². The molecule has 3 aromatic rings. The van der Waals surface area contributed by atoms with E-state index in [1.54, 1.807) is 35.7 Å². The van der Waals surface area contributed by atoms with Gasteiger partial charge in [0.1, 0.15) is 5.82 Å². The van der Waals surface area contributed by atoms with Gasteiger partial charge in [0.05, 0.1) is 12.2 Å². The lowest BCUT2D eigenvalue weighted by molar-refractivity contribution is -0.116. The molecule has 0 radical (unpaired) electrons. The van der Waals surface area contributed by atoms with Gasteiger partial charge in [-0.2, -0.15) is 4.52 Å². The molecule has 162 valence electrons. The van der Waals surface area contributed by atoms with Crippen molar-refractivity contribution < 1.29 is 14.3 Å². The number of esters is 1. The average Bonchev–Trinajstić information content (AvgIpc) is 3.21. The number of aromatic nitrogens is 4. The molecule has 1 aliphatic heterocycles. The number of ether oxygens (including phenoxy) is 1. The number of aryl methyl sites for hydroxylation is 1. The Balaban J connectivity index is 1.37. The summed E-state index contributed by atoms with van der Waals surface area (Å²) in [6, 6.07) is 10.5. The molecule has 1 saturated heterocycles. The van der Waals surface area contributed by atoms with Gasteiger partial charge in [0, 0.05) is 31.6 Å². The Labute approximate surface area is 180 Å². The maximum Gasteiger partial charge on any atom is 0.338 e. The molecule has 4 rings (SSSR count). The van der Waals surface area contributed by atoms with E-state index >= 15 is 0 Å². The van der Waals surface area contributed by atoms with Gasteiger partial charge in [0.25, 0.3) is 0 Å². The second kappa shape index (κ2) is 9.55. The van der Waals surface area contributed by atoms with Crippen LogP contribution in [-0.4, -0.2) is 51.4 Å². The zero-order chi connectivity index (χ0) is 21.6. The third-order valence-corrected chi connectivity index (χ3v) is 5.25. The lowest BCUT2D eigenvalue weighted by atomic mass is 10.1. The maximum absolute atomic E-state index is 12.4. The second-order valence-electron chi connectivity index (χ2n) is 7.47. The lowest BCUT2D eigenvalue weighted by Crippen LogP contribution is -2.30. The number of hydrogen-bond acceptors (Lipinski definition) is 7. The average molecular weight is 422 g/mol. The first kappa shape index (κ1) is 20.8. The van der Waals surface area contributed by atoms with Gasteiger partial charge < -0.3 is 15.0 Å². The standard InChI is InChI=1S/C22H26N6O3/c1-2-31-22(30)16-6-8-17(9-7-16)23-21(29)13-12-19-25-24-18-10-11-20(26-28(18)19)27-14-4-3-5-15-27/h6-11H,2-5,12-15H2,1H3,(H,23,29). The molecule has 1 amide bonds. The third-order valence-electron chi connectivity index (χ3n) is 5.25. The quantitative estimate of drug-likeness (QED) is 0.584. The lowest BCUT2D eigenvalue weighted by Gasteiger charge is -2.27. The van der Waals surface area contributed by atoms with Crippen molar-refractivity contribution in [2.24, 2.45) is 0 Å². The largest absolute Gasteiger partial charge is 0.462 e. The first-order valence-corrected chi connectivity index (χ1v) is 10.7. The van der Waals surface area contributed by atoms with Crippen LogP contribution in [0.15, 0.2) is 36.4 Å². The van der Waals surface area contributed by atoms with Crippen molar-refractivity contribution in [3.05, 3.63) is 47.8 Å². The molecule has 0 bridgehead atoms. The summed E-state index contributed by atoms with van der Waals surface area (Å²) in [5.41, 5.74) is 1.74. The molecular formula is C22H26N6O3. The van der Waals surface area contributed by atoms with E-state index in [1.807, 2.05) is 12.1 Å². The van der Waals surface area contributed by atoms with Gasteiger partial charge in [-0.1, -0.05) is 0 Å². The molecule has 1 N–H and O–H groups in total. The van der Waals surface area contributed by atoms with Gasteiger partial charge in [-0.3, -0.25) is 4.79 Å². The van der Waals surface area contributed by atoms with Crippen LogP contribution in [0.3, 0.4) is 0 Å². The fraction of sp³-hybridized carbons (Fsp3) is 0.409. The smallest absolute Gasteiger partial charge is 0.338 e. The van der Waals surface area contributed by atoms with Crippen molar-refractivity contribution in [3.8, 4) is 0 Å². The fourth-order valence-electron chi connectivity index (χ4n) is 3.62. The van der Waals surface area contributed by atoms with Crippen LogP contribution < -0.4 is 10.2 Å². The number of amides is 1. The van der Waals surface area contributed by atoms with Crippen LogP contribution in [0.25, 0.3) is 5.65 Å². The fourth-order valence-corrected chi connectivity index (χ4v) is 3.62. The number of piperidine rings is 1. The number of hydrogen-bond donors (Lipinski definition) is 1. The minimum atomic E-state index is -0.379. The molecule has 9 nitrogen and oxygen atoms in total. The van der Waals surface area contributed by atoms with Crippen molar-refractivity contribution in [2.75, 3.05) is 29.9 Å². The highest BCUT2D eigenvalue weighted by molar-refractivity contribution is 5.93. The molecule has 2 aromatic heterocycles. The summed E-state index contributed by atoms with van der Waals surface area (Å²) < 4.78 is 6.69. The molecule has 1 aliphatic rings. The van der Waals surface area contributed by atoms with Crippen LogP contribution in [-0.2, 0) is 16.0 Å². The molecule has 0 spiro atoms. The van der Waals surface area contributed by atoms with Gasteiger partial charge in [-0.15, -0.1) is 15.3 Å². The van der Waals surface area contributed by atoms with E-state index in [0.717, 1.165) is 18.9 Å². The topological polar surface area (TPSA) is 102 Å². The van der Waals surface area contributed by atoms with Crippen LogP contribution in [0, 0.1) is 0 Å². The number of benzene rings is 1. The first-order chi connectivity index (χ1) is 15.1. The van der Waals surface area contributed by atoms with Gasteiger partial charge in [0.15, 0.2) is 11.5 Å². The summed E-state index contributed by atoms with van der Waals surface area (Å²) in [5, 5.41) is 15.9. The third kappa shape index (κ3) is 4.99. The van der Waals surface area contributed by atoms with Crippen LogP contribution >= 0.6 is 0 Å². The summed E-state index contributed by atoms with van der Waals surface area (Å²) in [4.78, 5) is 26.4. The van der Waals surface area contributed by atoms with Crippen molar-refractivity contribution in [1.29, 1.82) is 0 Å². The summed E-state index contributed by atoms with van der Waals surface area (Å²) in [5.74, 6) is 1.05. The Bertz CT molecular complexity index is 1060. The number of carbonyl (C=O) groups is 2. The van der Waals surface area contributed by atoms with E-state index in [0.29, 0.717) is 35.8 Å². The molecule has 1 fully saturated rings. The summed E-state index contributed by atoms with van der Waals surface area (Å²) >= 11 is 0. The minimum absolute atomic E-state index is 0.146. The second-order valence-corrected chi connectivity index (χ2v) is 7.47. The molecular weight excluding hydrogens is 396 g/mol. The van der Waals surface area contributed by atoms with Gasteiger partial charge in [0.2, 0.25) is 5.91 Å². The van der Waals surface area contributed by atoms with Crippen molar-refractivity contribution in [3.63, 3.8) is 0 Å². The molecule has 0 atom stereocenters. The van der Waals surface area contributed by atoms with Crippen molar-refractivity contribution >= 4 is 29.0 Å². The highest BCUT2D eigenvalue weighted by Gasteiger charge is 2.15. The highest BCUT2D eigenvalue weighted by Crippen LogP contribution is 2.18. The van der Waals surface area contributed by atoms with Gasteiger partial charge >= 0.3 is 5.97 Å². The zero-order valence-corrected chi connectivity index (χ0v) is 17.6. The number of nitrogens with zero attached hydrogens (tertiary/aromatic N) is 5. The molecule has 0 unspecified atom stereocenters. The molecule has 31 heavy (non-hydrogen) atoms. The monoisotopic (exact) mass is 422 g/mol. The maximum atomic E-state index is 12.4. The number of fused-ring (bicyclic) bond motifs is 1. The number of rotatable bonds is 7.